The summed E-state index contributed by atoms with van der Waals surface area (Å²) in [6.07, 6.45) is -0.457. The van der Waals surface area contributed by atoms with Crippen molar-refractivity contribution in [2.75, 3.05) is 0 Å². The molecule has 5 nitrogen and oxygen atoms in total. The molecule has 0 aliphatic carbocycles. The van der Waals surface area contributed by atoms with Crippen molar-refractivity contribution in [3.63, 3.8) is 0 Å². The van der Waals surface area contributed by atoms with E-state index < -0.39 is 28.5 Å². The van der Waals surface area contributed by atoms with Gasteiger partial charge in [-0.15, -0.1) is 11.3 Å². The molecule has 1 N–H and O–H groups in total. The van der Waals surface area contributed by atoms with Gasteiger partial charge in [0.1, 0.15) is 4.21 Å². The van der Waals surface area contributed by atoms with Gasteiger partial charge in [0.05, 0.1) is 10.4 Å². The van der Waals surface area contributed by atoms with Crippen LogP contribution in [0.5, 0.6) is 0 Å². The number of sulfonamides is 1. The largest absolute Gasteiger partial charge is 0.550 e. The Balaban J connectivity index is 2.30. The van der Waals surface area contributed by atoms with Crippen LogP contribution in [0.1, 0.15) is 23.6 Å². The van der Waals surface area contributed by atoms with Gasteiger partial charge in [-0.25, -0.2) is 13.1 Å². The third-order valence-corrected chi connectivity index (χ3v) is 6.16. The SMILES string of the molecule is Cc1ccc([C@H](CC(=O)[O-])NS(=O)(=O)c2ccc(Cl)s2)cc1. The van der Waals surface area contributed by atoms with Crippen molar-refractivity contribution < 1.29 is 18.3 Å². The maximum Gasteiger partial charge on any atom is 0.250 e. The minimum atomic E-state index is -3.85. The van der Waals surface area contributed by atoms with Gasteiger partial charge in [-0.1, -0.05) is 41.4 Å². The van der Waals surface area contributed by atoms with E-state index in [-0.39, 0.29) is 4.21 Å². The summed E-state index contributed by atoms with van der Waals surface area (Å²) in [5.41, 5.74) is 1.55. The van der Waals surface area contributed by atoms with Gasteiger partial charge in [0.15, 0.2) is 0 Å². The van der Waals surface area contributed by atoms with Crippen molar-refractivity contribution in [1.82, 2.24) is 4.72 Å². The van der Waals surface area contributed by atoms with Crippen LogP contribution in [0, 0.1) is 6.92 Å². The molecule has 1 atom stereocenters. The molecule has 22 heavy (non-hydrogen) atoms. The van der Waals surface area contributed by atoms with Crippen molar-refractivity contribution in [3.8, 4) is 0 Å². The summed E-state index contributed by atoms with van der Waals surface area (Å²) in [5, 5.41) is 10.9. The number of aryl methyl sites for hydroxylation is 1. The van der Waals surface area contributed by atoms with Crippen LogP contribution in [0.25, 0.3) is 0 Å². The topological polar surface area (TPSA) is 86.3 Å². The molecule has 1 heterocycles. The quantitative estimate of drug-likeness (QED) is 0.854. The Bertz CT molecular complexity index is 768. The highest BCUT2D eigenvalue weighted by Crippen LogP contribution is 2.27. The number of carbonyl (C=O) groups is 1. The average molecular weight is 359 g/mol. The number of halogens is 1. The maximum absolute atomic E-state index is 12.3. The van der Waals surface area contributed by atoms with E-state index >= 15 is 0 Å². The third kappa shape index (κ3) is 4.30. The van der Waals surface area contributed by atoms with Crippen molar-refractivity contribution in [3.05, 3.63) is 51.9 Å². The molecular weight excluding hydrogens is 346 g/mol. The van der Waals surface area contributed by atoms with E-state index in [2.05, 4.69) is 4.72 Å². The summed E-state index contributed by atoms with van der Waals surface area (Å²) in [6.45, 7) is 1.88. The van der Waals surface area contributed by atoms with Crippen LogP contribution in [-0.2, 0) is 14.8 Å². The number of thiophene rings is 1. The van der Waals surface area contributed by atoms with E-state index in [4.69, 9.17) is 11.6 Å². The minimum Gasteiger partial charge on any atom is -0.550 e. The van der Waals surface area contributed by atoms with E-state index in [1.165, 1.54) is 12.1 Å². The molecule has 0 amide bonds. The van der Waals surface area contributed by atoms with E-state index in [1.54, 1.807) is 24.3 Å². The van der Waals surface area contributed by atoms with Crippen LogP contribution in [-0.4, -0.2) is 14.4 Å². The summed E-state index contributed by atoms with van der Waals surface area (Å²) in [5.74, 6) is -1.34. The molecule has 0 aliphatic rings. The van der Waals surface area contributed by atoms with E-state index in [1.807, 2.05) is 6.92 Å². The number of carboxylic acid groups (broad SMARTS) is 1. The lowest BCUT2D eigenvalue weighted by Gasteiger charge is -2.19. The molecule has 0 spiro atoms. The highest BCUT2D eigenvalue weighted by atomic mass is 35.5. The predicted molar refractivity (Wildman–Crippen MR) is 83.2 cm³/mol. The van der Waals surface area contributed by atoms with Crippen LogP contribution < -0.4 is 9.83 Å². The van der Waals surface area contributed by atoms with Gasteiger partial charge in [0.25, 0.3) is 10.0 Å². The van der Waals surface area contributed by atoms with Gasteiger partial charge in [0.2, 0.25) is 0 Å². The molecule has 8 heteroatoms. The lowest BCUT2D eigenvalue weighted by molar-refractivity contribution is -0.306. The molecule has 0 saturated carbocycles. The highest BCUT2D eigenvalue weighted by Gasteiger charge is 2.23. The standard InChI is InChI=1S/C14H14ClNO4S2/c1-9-2-4-10(5-3-9)11(8-13(17)18)16-22(19,20)14-7-6-12(15)21-14/h2-7,11,16H,8H2,1H3,(H,17,18)/p-1/t11-/m0/s1. The second-order valence-corrected chi connectivity index (χ2v) is 8.38. The molecule has 2 rings (SSSR count). The van der Waals surface area contributed by atoms with Crippen LogP contribution >= 0.6 is 22.9 Å². The molecule has 2 aromatic rings. The molecule has 1 aromatic heterocycles. The number of aliphatic carboxylic acids is 1. The van der Waals surface area contributed by atoms with E-state index in [9.17, 15) is 18.3 Å². The normalized spacial score (nSPS) is 13.0. The van der Waals surface area contributed by atoms with Gasteiger partial charge < -0.3 is 9.90 Å². The van der Waals surface area contributed by atoms with Crippen LogP contribution in [0.2, 0.25) is 4.34 Å². The van der Waals surface area contributed by atoms with Gasteiger partial charge in [-0.3, -0.25) is 0 Å². The van der Waals surface area contributed by atoms with Crippen molar-refractivity contribution in [2.45, 2.75) is 23.6 Å². The predicted octanol–water partition coefficient (Wildman–Crippen LogP) is 1.87. The van der Waals surface area contributed by atoms with Gasteiger partial charge in [-0.05, 0) is 24.6 Å². The maximum atomic E-state index is 12.3. The number of carboxylic acids is 1. The first-order valence-electron chi connectivity index (χ1n) is 6.32. The Morgan fingerprint density at radius 3 is 2.41 bits per heavy atom. The van der Waals surface area contributed by atoms with Crippen molar-refractivity contribution in [1.29, 1.82) is 0 Å². The number of hydrogen-bond donors (Lipinski definition) is 1. The summed E-state index contributed by atoms with van der Waals surface area (Å²) >= 11 is 6.65. The minimum absolute atomic E-state index is 0.0351. The van der Waals surface area contributed by atoms with Crippen LogP contribution in [0.4, 0.5) is 0 Å². The Kier molecular flexibility index (Phi) is 5.23. The van der Waals surface area contributed by atoms with E-state index in [0.29, 0.717) is 9.90 Å². The fraction of sp³-hybridized carbons (Fsp3) is 0.214. The molecule has 0 saturated heterocycles. The lowest BCUT2D eigenvalue weighted by atomic mass is 10.0. The first-order chi connectivity index (χ1) is 10.3. The Morgan fingerprint density at radius 1 is 1.27 bits per heavy atom. The highest BCUT2D eigenvalue weighted by molar-refractivity contribution is 7.91. The zero-order valence-corrected chi connectivity index (χ0v) is 14.0. The monoisotopic (exact) mass is 358 g/mol. The van der Waals surface area contributed by atoms with Crippen molar-refractivity contribution >= 4 is 38.9 Å². The van der Waals surface area contributed by atoms with Crippen molar-refractivity contribution in [2.24, 2.45) is 0 Å². The Labute approximate surface area is 137 Å². The molecule has 0 bridgehead atoms. The van der Waals surface area contributed by atoms with Gasteiger partial charge in [0, 0.05) is 12.4 Å². The molecule has 0 unspecified atom stereocenters. The van der Waals surface area contributed by atoms with Gasteiger partial charge >= 0.3 is 0 Å². The Morgan fingerprint density at radius 2 is 1.91 bits per heavy atom. The number of benzene rings is 1. The smallest absolute Gasteiger partial charge is 0.250 e. The number of nitrogens with one attached hydrogen (secondary N) is 1. The molecule has 0 fully saturated rings. The summed E-state index contributed by atoms with van der Waals surface area (Å²) in [6, 6.07) is 8.89. The van der Waals surface area contributed by atoms with E-state index in [0.717, 1.165) is 16.9 Å². The fourth-order valence-electron chi connectivity index (χ4n) is 1.88. The van der Waals surface area contributed by atoms with Crippen LogP contribution in [0.3, 0.4) is 0 Å². The summed E-state index contributed by atoms with van der Waals surface area (Å²) in [7, 11) is -3.85. The number of rotatable bonds is 6. The first kappa shape index (κ1) is 17.0. The summed E-state index contributed by atoms with van der Waals surface area (Å²) in [4.78, 5) is 10.9. The number of carbonyl (C=O) groups excluding carboxylic acids is 1. The summed E-state index contributed by atoms with van der Waals surface area (Å²) < 4.78 is 27.4. The first-order valence-corrected chi connectivity index (χ1v) is 9.00. The Hall–Kier alpha value is -1.41. The number of hydrogen-bond acceptors (Lipinski definition) is 5. The lowest BCUT2D eigenvalue weighted by Crippen LogP contribution is -2.34. The molecule has 1 aromatic carbocycles. The second-order valence-electron chi connectivity index (χ2n) is 4.72. The zero-order valence-electron chi connectivity index (χ0n) is 11.6. The van der Waals surface area contributed by atoms with Gasteiger partial charge in [-0.2, -0.15) is 0 Å². The zero-order chi connectivity index (χ0) is 16.3. The van der Waals surface area contributed by atoms with Crippen LogP contribution in [0.15, 0.2) is 40.6 Å². The molecule has 0 radical (unpaired) electrons. The molecular formula is C14H13ClNO4S2-. The molecule has 0 aliphatic heterocycles. The molecule has 118 valence electrons. The average Bonchev–Trinajstić information content (AvgIpc) is 2.85. The second kappa shape index (κ2) is 6.78. The fourth-order valence-corrected chi connectivity index (χ4v) is 4.60. The third-order valence-electron chi connectivity index (χ3n) is 2.96.